The summed E-state index contributed by atoms with van der Waals surface area (Å²) in [5, 5.41) is 9.22. The molecule has 1 heterocycles. The Hall–Kier alpha value is -1.98. The zero-order valence-corrected chi connectivity index (χ0v) is 12.0. The molecule has 1 saturated carbocycles. The summed E-state index contributed by atoms with van der Waals surface area (Å²) in [6.07, 6.45) is 2.53. The van der Waals surface area contributed by atoms with E-state index >= 15 is 0 Å². The number of hydrogen-bond donors (Lipinski definition) is 1. The van der Waals surface area contributed by atoms with Crippen LogP contribution in [0.3, 0.4) is 0 Å². The second-order valence-electron chi connectivity index (χ2n) is 6.00. The minimum Gasteiger partial charge on any atom is -0.480 e. The van der Waals surface area contributed by atoms with Crippen LogP contribution in [0.5, 0.6) is 0 Å². The molecular weight excluding hydrogens is 292 g/mol. The van der Waals surface area contributed by atoms with Crippen LogP contribution in [0.4, 0.5) is 8.78 Å². The van der Waals surface area contributed by atoms with Gasteiger partial charge in [-0.05, 0) is 43.2 Å². The van der Waals surface area contributed by atoms with Crippen LogP contribution in [-0.4, -0.2) is 34.5 Å². The highest BCUT2D eigenvalue weighted by atomic mass is 19.1. The van der Waals surface area contributed by atoms with Crippen molar-refractivity contribution >= 4 is 11.9 Å². The number of nitrogens with zero attached hydrogens (tertiary/aromatic N) is 1. The summed E-state index contributed by atoms with van der Waals surface area (Å²) in [6.45, 7) is 0.435. The molecule has 1 aromatic rings. The summed E-state index contributed by atoms with van der Waals surface area (Å²) < 4.78 is 26.7. The quantitative estimate of drug-likeness (QED) is 0.933. The number of hydrogen-bond acceptors (Lipinski definition) is 2. The number of likely N-dealkylation sites (tertiary alicyclic amines) is 1. The molecule has 6 heteroatoms. The fourth-order valence-electron chi connectivity index (χ4n) is 3.28. The summed E-state index contributed by atoms with van der Waals surface area (Å²) in [6, 6.07) is 2.59. The first kappa shape index (κ1) is 14.9. The summed E-state index contributed by atoms with van der Waals surface area (Å²) in [4.78, 5) is 25.2. The lowest BCUT2D eigenvalue weighted by atomic mass is 10.0. The Kier molecular flexibility index (Phi) is 3.85. The predicted octanol–water partition coefficient (Wildman–Crippen LogP) is 2.53. The van der Waals surface area contributed by atoms with Crippen LogP contribution >= 0.6 is 0 Å². The normalized spacial score (nSPS) is 27.5. The van der Waals surface area contributed by atoms with E-state index < -0.39 is 23.6 Å². The van der Waals surface area contributed by atoms with E-state index in [1.165, 1.54) is 17.0 Å². The molecule has 118 valence electrons. The van der Waals surface area contributed by atoms with Crippen molar-refractivity contribution in [1.82, 2.24) is 4.90 Å². The zero-order valence-electron chi connectivity index (χ0n) is 12.0. The fourth-order valence-corrected chi connectivity index (χ4v) is 3.28. The largest absolute Gasteiger partial charge is 0.480 e. The molecule has 0 aromatic heterocycles. The molecular formula is C16H17F2NO3. The lowest BCUT2D eigenvalue weighted by Gasteiger charge is -2.33. The third kappa shape index (κ3) is 2.69. The molecule has 0 unspecified atom stereocenters. The van der Waals surface area contributed by atoms with Crippen LogP contribution in [0.2, 0.25) is 0 Å². The SMILES string of the molecule is O=C(O)[C@@H]1CCCCN1C(=O)[C@H]1C[C@@H]1c1ccc(F)cc1F. The molecule has 1 aromatic carbocycles. The number of carboxylic acid groups (broad SMARTS) is 1. The highest BCUT2D eigenvalue weighted by Gasteiger charge is 2.49. The van der Waals surface area contributed by atoms with E-state index in [-0.39, 0.29) is 17.7 Å². The van der Waals surface area contributed by atoms with Gasteiger partial charge in [0.2, 0.25) is 5.91 Å². The molecule has 1 aliphatic carbocycles. The molecule has 0 bridgehead atoms. The fraction of sp³-hybridized carbons (Fsp3) is 0.500. The van der Waals surface area contributed by atoms with E-state index in [2.05, 4.69) is 0 Å². The van der Waals surface area contributed by atoms with Gasteiger partial charge in [-0.15, -0.1) is 0 Å². The number of rotatable bonds is 3. The van der Waals surface area contributed by atoms with Crippen molar-refractivity contribution in [3.63, 3.8) is 0 Å². The van der Waals surface area contributed by atoms with Crippen LogP contribution in [0, 0.1) is 17.6 Å². The minimum atomic E-state index is -0.988. The molecule has 1 saturated heterocycles. The van der Waals surface area contributed by atoms with Crippen LogP contribution in [-0.2, 0) is 9.59 Å². The van der Waals surface area contributed by atoms with E-state index in [0.717, 1.165) is 18.9 Å². The summed E-state index contributed by atoms with van der Waals surface area (Å²) in [5.41, 5.74) is 0.337. The Morgan fingerprint density at radius 1 is 1.23 bits per heavy atom. The molecule has 1 amide bonds. The highest BCUT2D eigenvalue weighted by molar-refractivity contribution is 5.87. The Morgan fingerprint density at radius 2 is 2.00 bits per heavy atom. The molecule has 1 N–H and O–H groups in total. The van der Waals surface area contributed by atoms with Gasteiger partial charge in [-0.25, -0.2) is 13.6 Å². The van der Waals surface area contributed by atoms with Gasteiger partial charge in [0.1, 0.15) is 17.7 Å². The Morgan fingerprint density at radius 3 is 2.68 bits per heavy atom. The molecule has 2 fully saturated rings. The number of carbonyl (C=O) groups is 2. The molecule has 0 spiro atoms. The highest BCUT2D eigenvalue weighted by Crippen LogP contribution is 2.49. The van der Waals surface area contributed by atoms with Crippen molar-refractivity contribution < 1.29 is 23.5 Å². The number of carbonyl (C=O) groups excluding carboxylic acids is 1. The Bertz CT molecular complexity index is 619. The van der Waals surface area contributed by atoms with Gasteiger partial charge in [0.05, 0.1) is 0 Å². The third-order valence-electron chi connectivity index (χ3n) is 4.54. The number of amides is 1. The Balaban J connectivity index is 1.73. The molecule has 1 aliphatic heterocycles. The van der Waals surface area contributed by atoms with Gasteiger partial charge < -0.3 is 10.0 Å². The van der Waals surface area contributed by atoms with Gasteiger partial charge in [-0.3, -0.25) is 4.79 Å². The maximum Gasteiger partial charge on any atom is 0.326 e. The molecule has 22 heavy (non-hydrogen) atoms. The summed E-state index contributed by atoms with van der Waals surface area (Å²) in [5.74, 6) is -3.16. The van der Waals surface area contributed by atoms with Crippen molar-refractivity contribution in [1.29, 1.82) is 0 Å². The lowest BCUT2D eigenvalue weighted by molar-refractivity contribution is -0.152. The van der Waals surface area contributed by atoms with Crippen molar-refractivity contribution in [2.24, 2.45) is 5.92 Å². The number of aliphatic carboxylic acids is 1. The summed E-state index contributed by atoms with van der Waals surface area (Å²) in [7, 11) is 0. The van der Waals surface area contributed by atoms with Crippen molar-refractivity contribution in [3.05, 3.63) is 35.4 Å². The van der Waals surface area contributed by atoms with Gasteiger partial charge in [-0.2, -0.15) is 0 Å². The average Bonchev–Trinajstić information content (AvgIpc) is 3.26. The number of carboxylic acids is 1. The van der Waals surface area contributed by atoms with E-state index in [4.69, 9.17) is 0 Å². The maximum atomic E-state index is 13.8. The Labute approximate surface area is 126 Å². The number of halogens is 2. The van der Waals surface area contributed by atoms with E-state index in [0.29, 0.717) is 24.9 Å². The predicted molar refractivity (Wildman–Crippen MR) is 74.2 cm³/mol. The minimum absolute atomic E-state index is 0.221. The molecule has 2 aliphatic rings. The first-order valence-electron chi connectivity index (χ1n) is 7.47. The van der Waals surface area contributed by atoms with E-state index in [9.17, 15) is 23.5 Å². The lowest BCUT2D eigenvalue weighted by Crippen LogP contribution is -2.48. The van der Waals surface area contributed by atoms with Crippen molar-refractivity contribution in [2.75, 3.05) is 6.54 Å². The van der Waals surface area contributed by atoms with Gasteiger partial charge in [0.15, 0.2) is 0 Å². The van der Waals surface area contributed by atoms with Crippen LogP contribution < -0.4 is 0 Å². The van der Waals surface area contributed by atoms with Crippen LogP contribution in [0.15, 0.2) is 18.2 Å². The summed E-state index contributed by atoms with van der Waals surface area (Å²) >= 11 is 0. The standard InChI is InChI=1S/C16H17F2NO3/c17-9-4-5-10(13(18)7-9)11-8-12(11)15(20)19-6-2-1-3-14(19)16(21)22/h4-5,7,11-12,14H,1-3,6,8H2,(H,21,22)/t11-,12+,14+/m1/s1. The van der Waals surface area contributed by atoms with Gasteiger partial charge in [0.25, 0.3) is 0 Å². The molecule has 3 atom stereocenters. The topological polar surface area (TPSA) is 57.6 Å². The zero-order chi connectivity index (χ0) is 15.9. The second kappa shape index (κ2) is 5.66. The van der Waals surface area contributed by atoms with Crippen LogP contribution in [0.25, 0.3) is 0 Å². The monoisotopic (exact) mass is 309 g/mol. The smallest absolute Gasteiger partial charge is 0.326 e. The molecule has 4 nitrogen and oxygen atoms in total. The van der Waals surface area contributed by atoms with Gasteiger partial charge in [0, 0.05) is 18.5 Å². The van der Waals surface area contributed by atoms with Gasteiger partial charge >= 0.3 is 5.97 Å². The molecule has 3 rings (SSSR count). The van der Waals surface area contributed by atoms with Gasteiger partial charge in [-0.1, -0.05) is 6.07 Å². The number of piperidine rings is 1. The third-order valence-corrected chi connectivity index (χ3v) is 4.54. The molecule has 0 radical (unpaired) electrons. The van der Waals surface area contributed by atoms with Crippen molar-refractivity contribution in [3.8, 4) is 0 Å². The first-order valence-corrected chi connectivity index (χ1v) is 7.47. The van der Waals surface area contributed by atoms with E-state index in [1.54, 1.807) is 0 Å². The van der Waals surface area contributed by atoms with Crippen LogP contribution in [0.1, 0.15) is 37.2 Å². The average molecular weight is 309 g/mol. The number of benzene rings is 1. The maximum absolute atomic E-state index is 13.8. The van der Waals surface area contributed by atoms with Crippen molar-refractivity contribution in [2.45, 2.75) is 37.6 Å². The van der Waals surface area contributed by atoms with E-state index in [1.807, 2.05) is 0 Å². The second-order valence-corrected chi connectivity index (χ2v) is 6.00. The first-order chi connectivity index (χ1) is 10.5.